The monoisotopic (exact) mass is 374 g/mol. The summed E-state index contributed by atoms with van der Waals surface area (Å²) in [6, 6.07) is 12.3. The topological polar surface area (TPSA) is 63.6 Å². The van der Waals surface area contributed by atoms with Gasteiger partial charge in [0.25, 0.3) is 5.91 Å². The zero-order valence-electron chi connectivity index (χ0n) is 16.4. The van der Waals surface area contributed by atoms with Gasteiger partial charge in [-0.3, -0.25) is 4.79 Å². The molecule has 0 spiro atoms. The van der Waals surface area contributed by atoms with Crippen LogP contribution in [0.4, 0.5) is 0 Å². The first-order chi connectivity index (χ1) is 13.4. The van der Waals surface area contributed by atoms with Crippen molar-refractivity contribution in [2.24, 2.45) is 0 Å². The second kappa shape index (κ2) is 6.96. The second-order valence-electron chi connectivity index (χ2n) is 7.16. The Labute approximate surface area is 163 Å². The van der Waals surface area contributed by atoms with Crippen LogP contribution in [0.25, 0.3) is 16.9 Å². The van der Waals surface area contributed by atoms with E-state index in [9.17, 15) is 4.79 Å². The fraction of sp³-hybridized carbons (Fsp3) is 0.227. The quantitative estimate of drug-likeness (QED) is 0.537. The highest BCUT2D eigenvalue weighted by molar-refractivity contribution is 5.94. The van der Waals surface area contributed by atoms with Gasteiger partial charge in [0.15, 0.2) is 0 Å². The predicted octanol–water partition coefficient (Wildman–Crippen LogP) is 4.19. The Morgan fingerprint density at radius 1 is 1.07 bits per heavy atom. The summed E-state index contributed by atoms with van der Waals surface area (Å²) in [6.07, 6.45) is 3.52. The van der Waals surface area contributed by atoms with Gasteiger partial charge in [0.1, 0.15) is 17.0 Å². The molecule has 1 amide bonds. The highest BCUT2D eigenvalue weighted by Crippen LogP contribution is 2.27. The van der Waals surface area contributed by atoms with E-state index in [0.717, 1.165) is 28.2 Å². The number of rotatable bonds is 4. The van der Waals surface area contributed by atoms with Crippen LogP contribution < -0.4 is 0 Å². The number of nitrogens with zero attached hydrogens (tertiary/aromatic N) is 4. The summed E-state index contributed by atoms with van der Waals surface area (Å²) in [5, 5.41) is 3.72. The van der Waals surface area contributed by atoms with Crippen molar-refractivity contribution in [3.05, 3.63) is 76.9 Å². The van der Waals surface area contributed by atoms with E-state index in [2.05, 4.69) is 46.9 Å². The lowest BCUT2D eigenvalue weighted by atomic mass is 10.1. The van der Waals surface area contributed by atoms with Gasteiger partial charge < -0.3 is 13.8 Å². The predicted molar refractivity (Wildman–Crippen MR) is 107 cm³/mol. The first-order valence-corrected chi connectivity index (χ1v) is 9.15. The molecular formula is C22H22N4O2. The molecule has 6 heteroatoms. The number of carbonyl (C=O) groups excluding carboxylic acids is 1. The van der Waals surface area contributed by atoms with Crippen LogP contribution >= 0.6 is 0 Å². The molecule has 0 radical (unpaired) electrons. The van der Waals surface area contributed by atoms with Crippen molar-refractivity contribution in [3.8, 4) is 11.3 Å². The largest absolute Gasteiger partial charge is 0.361 e. The molecule has 0 fully saturated rings. The Morgan fingerprint density at radius 2 is 1.79 bits per heavy atom. The number of aryl methyl sites for hydroxylation is 3. The molecule has 28 heavy (non-hydrogen) atoms. The van der Waals surface area contributed by atoms with E-state index in [4.69, 9.17) is 9.51 Å². The third kappa shape index (κ3) is 3.17. The van der Waals surface area contributed by atoms with Crippen LogP contribution in [0.1, 0.15) is 32.9 Å². The maximum absolute atomic E-state index is 12.8. The van der Waals surface area contributed by atoms with Crippen molar-refractivity contribution >= 4 is 11.6 Å². The number of benzene rings is 1. The van der Waals surface area contributed by atoms with Crippen LogP contribution in [-0.4, -0.2) is 32.4 Å². The van der Waals surface area contributed by atoms with Gasteiger partial charge >= 0.3 is 0 Å². The summed E-state index contributed by atoms with van der Waals surface area (Å²) >= 11 is 0. The van der Waals surface area contributed by atoms with E-state index in [1.54, 1.807) is 18.9 Å². The zero-order chi connectivity index (χ0) is 19.8. The van der Waals surface area contributed by atoms with Crippen molar-refractivity contribution in [2.75, 3.05) is 7.05 Å². The van der Waals surface area contributed by atoms with E-state index in [-0.39, 0.29) is 5.91 Å². The summed E-state index contributed by atoms with van der Waals surface area (Å²) in [5.74, 6) is 0.390. The minimum absolute atomic E-state index is 0.129. The van der Waals surface area contributed by atoms with Gasteiger partial charge in [-0.2, -0.15) is 0 Å². The Balaban J connectivity index is 1.79. The van der Waals surface area contributed by atoms with Crippen LogP contribution in [0, 0.1) is 20.8 Å². The van der Waals surface area contributed by atoms with Crippen molar-refractivity contribution in [1.82, 2.24) is 19.4 Å². The molecule has 3 aromatic heterocycles. The van der Waals surface area contributed by atoms with E-state index >= 15 is 0 Å². The molecule has 0 aliphatic carbocycles. The standard InChI is InChI=1S/C22H22N4O2/c1-14-5-8-17(9-6-14)21-19(26-12-15(2)7-10-20(26)24-21)13-25(4)22(27)18-11-23-28-16(18)3/h5-12H,13H2,1-4H3. The molecule has 4 rings (SSSR count). The maximum Gasteiger partial charge on any atom is 0.259 e. The number of imidazole rings is 1. The lowest BCUT2D eigenvalue weighted by Gasteiger charge is -2.17. The normalized spacial score (nSPS) is 11.1. The van der Waals surface area contributed by atoms with Gasteiger partial charge in [0.05, 0.1) is 24.1 Å². The third-order valence-corrected chi connectivity index (χ3v) is 4.91. The van der Waals surface area contributed by atoms with Gasteiger partial charge in [0, 0.05) is 18.8 Å². The van der Waals surface area contributed by atoms with Gasteiger partial charge in [-0.15, -0.1) is 0 Å². The van der Waals surface area contributed by atoms with Crippen molar-refractivity contribution in [1.29, 1.82) is 0 Å². The molecule has 0 saturated heterocycles. The Bertz CT molecular complexity index is 1160. The molecular weight excluding hydrogens is 352 g/mol. The molecule has 0 unspecified atom stereocenters. The molecule has 1 aromatic carbocycles. The van der Waals surface area contributed by atoms with Gasteiger partial charge in [-0.1, -0.05) is 41.1 Å². The number of fused-ring (bicyclic) bond motifs is 1. The first-order valence-electron chi connectivity index (χ1n) is 9.15. The summed E-state index contributed by atoms with van der Waals surface area (Å²) in [5.41, 5.74) is 6.54. The number of hydrogen-bond acceptors (Lipinski definition) is 4. The average Bonchev–Trinajstić information content (AvgIpc) is 3.25. The van der Waals surface area contributed by atoms with E-state index in [0.29, 0.717) is 17.9 Å². The lowest BCUT2D eigenvalue weighted by molar-refractivity contribution is 0.0781. The Kier molecular flexibility index (Phi) is 4.47. The first kappa shape index (κ1) is 18.0. The SMILES string of the molecule is Cc1ccc(-c2nc3ccc(C)cn3c2CN(C)C(=O)c2cnoc2C)cc1. The number of carbonyl (C=O) groups is 1. The Hall–Kier alpha value is -3.41. The average molecular weight is 374 g/mol. The number of amides is 1. The highest BCUT2D eigenvalue weighted by atomic mass is 16.5. The van der Waals surface area contributed by atoms with Crippen molar-refractivity contribution < 1.29 is 9.32 Å². The van der Waals surface area contributed by atoms with Gasteiger partial charge in [-0.05, 0) is 32.4 Å². The summed E-state index contributed by atoms with van der Waals surface area (Å²) in [4.78, 5) is 19.4. The minimum Gasteiger partial charge on any atom is -0.361 e. The molecule has 0 atom stereocenters. The molecule has 0 bridgehead atoms. The van der Waals surface area contributed by atoms with E-state index in [1.807, 2.05) is 19.1 Å². The summed E-state index contributed by atoms with van der Waals surface area (Å²) in [7, 11) is 1.78. The fourth-order valence-electron chi connectivity index (χ4n) is 3.30. The third-order valence-electron chi connectivity index (χ3n) is 4.91. The fourth-order valence-corrected chi connectivity index (χ4v) is 3.30. The molecule has 142 valence electrons. The number of aromatic nitrogens is 3. The molecule has 0 aliphatic rings. The minimum atomic E-state index is -0.129. The van der Waals surface area contributed by atoms with E-state index < -0.39 is 0 Å². The Morgan fingerprint density at radius 3 is 2.46 bits per heavy atom. The lowest BCUT2D eigenvalue weighted by Crippen LogP contribution is -2.27. The van der Waals surface area contributed by atoms with Crippen LogP contribution in [0.5, 0.6) is 0 Å². The molecule has 0 N–H and O–H groups in total. The molecule has 3 heterocycles. The molecule has 0 saturated carbocycles. The van der Waals surface area contributed by atoms with Gasteiger partial charge in [0.2, 0.25) is 0 Å². The summed E-state index contributed by atoms with van der Waals surface area (Å²) < 4.78 is 7.11. The smallest absolute Gasteiger partial charge is 0.259 e. The van der Waals surface area contributed by atoms with E-state index in [1.165, 1.54) is 11.8 Å². The number of pyridine rings is 1. The number of hydrogen-bond donors (Lipinski definition) is 0. The molecule has 0 aliphatic heterocycles. The van der Waals surface area contributed by atoms with Crippen LogP contribution in [0.3, 0.4) is 0 Å². The van der Waals surface area contributed by atoms with Crippen molar-refractivity contribution in [3.63, 3.8) is 0 Å². The summed E-state index contributed by atoms with van der Waals surface area (Å²) in [6.45, 7) is 6.26. The highest BCUT2D eigenvalue weighted by Gasteiger charge is 2.21. The van der Waals surface area contributed by atoms with Gasteiger partial charge in [-0.25, -0.2) is 4.98 Å². The van der Waals surface area contributed by atoms with Crippen LogP contribution in [-0.2, 0) is 6.54 Å². The molecule has 4 aromatic rings. The van der Waals surface area contributed by atoms with Crippen LogP contribution in [0.2, 0.25) is 0 Å². The van der Waals surface area contributed by atoms with Crippen LogP contribution in [0.15, 0.2) is 53.3 Å². The second-order valence-corrected chi connectivity index (χ2v) is 7.16. The van der Waals surface area contributed by atoms with Crippen molar-refractivity contribution in [2.45, 2.75) is 27.3 Å². The zero-order valence-corrected chi connectivity index (χ0v) is 16.4. The maximum atomic E-state index is 12.8. The molecule has 6 nitrogen and oxygen atoms in total.